The van der Waals surface area contributed by atoms with Gasteiger partial charge in [-0.05, 0) is 53.1 Å². The van der Waals surface area contributed by atoms with Crippen LogP contribution in [0.2, 0.25) is 0 Å². The van der Waals surface area contributed by atoms with Gasteiger partial charge in [-0.25, -0.2) is 0 Å². The van der Waals surface area contributed by atoms with Crippen LogP contribution in [0.4, 0.5) is 0 Å². The van der Waals surface area contributed by atoms with Crippen molar-refractivity contribution in [3.8, 4) is 21.7 Å². The molecular formula is C24H19NS. The highest BCUT2D eigenvalue weighted by Crippen LogP contribution is 2.58. The van der Waals surface area contributed by atoms with Crippen molar-refractivity contribution in [2.24, 2.45) is 7.05 Å². The van der Waals surface area contributed by atoms with Gasteiger partial charge in [-0.2, -0.15) is 0 Å². The minimum absolute atomic E-state index is 0.110. The molecule has 2 heteroatoms. The van der Waals surface area contributed by atoms with E-state index >= 15 is 0 Å². The fraction of sp³-hybridized carbons (Fsp3) is 0.167. The quantitative estimate of drug-likeness (QED) is 0.343. The van der Waals surface area contributed by atoms with E-state index < -0.39 is 0 Å². The highest BCUT2D eigenvalue weighted by molar-refractivity contribution is 7.13. The van der Waals surface area contributed by atoms with E-state index in [2.05, 4.69) is 83.7 Å². The zero-order valence-electron chi connectivity index (χ0n) is 14.7. The molecule has 0 fully saturated rings. The Morgan fingerprint density at radius 2 is 1.81 bits per heavy atom. The summed E-state index contributed by atoms with van der Waals surface area (Å²) >= 11 is 1.82. The summed E-state index contributed by atoms with van der Waals surface area (Å²) in [6.45, 7) is 0. The van der Waals surface area contributed by atoms with Gasteiger partial charge in [0.25, 0.3) is 0 Å². The van der Waals surface area contributed by atoms with Crippen molar-refractivity contribution in [3.05, 3.63) is 83.3 Å². The van der Waals surface area contributed by atoms with Gasteiger partial charge in [0.15, 0.2) is 0 Å². The van der Waals surface area contributed by atoms with Crippen LogP contribution < -0.4 is 0 Å². The molecule has 2 aromatic carbocycles. The maximum atomic E-state index is 2.46. The number of fused-ring (bicyclic) bond motifs is 7. The average molecular weight is 353 g/mol. The van der Waals surface area contributed by atoms with Crippen LogP contribution in [0.1, 0.15) is 24.0 Å². The Morgan fingerprint density at radius 1 is 0.962 bits per heavy atom. The lowest BCUT2D eigenvalue weighted by atomic mass is 9.75. The number of nitrogens with zero attached hydrogens (tertiary/aromatic N) is 1. The van der Waals surface area contributed by atoms with Crippen molar-refractivity contribution in [2.45, 2.75) is 18.3 Å². The molecular weight excluding hydrogens is 334 g/mol. The van der Waals surface area contributed by atoms with Crippen LogP contribution in [0.5, 0.6) is 0 Å². The average Bonchev–Trinajstić information content (AvgIpc) is 3.45. The molecule has 126 valence electrons. The molecule has 0 N–H and O–H groups in total. The van der Waals surface area contributed by atoms with Gasteiger partial charge in [0.1, 0.15) is 0 Å². The number of thiophene rings is 1. The lowest BCUT2D eigenvalue weighted by molar-refractivity contribution is 0.577. The first-order valence-corrected chi connectivity index (χ1v) is 10.1. The van der Waals surface area contributed by atoms with Crippen molar-refractivity contribution in [3.63, 3.8) is 0 Å². The van der Waals surface area contributed by atoms with Gasteiger partial charge < -0.3 is 4.57 Å². The third-order valence-electron chi connectivity index (χ3n) is 6.28. The van der Waals surface area contributed by atoms with Gasteiger partial charge >= 0.3 is 0 Å². The highest BCUT2D eigenvalue weighted by atomic mass is 32.1. The molecule has 0 aliphatic heterocycles. The van der Waals surface area contributed by atoms with Crippen molar-refractivity contribution >= 4 is 22.2 Å². The summed E-state index contributed by atoms with van der Waals surface area (Å²) in [7, 11) is 2.22. The lowest BCUT2D eigenvalue weighted by Crippen LogP contribution is -2.21. The van der Waals surface area contributed by atoms with Gasteiger partial charge in [0.2, 0.25) is 0 Å². The molecule has 2 aromatic heterocycles. The number of aryl methyl sites for hydroxylation is 1. The second-order valence-corrected chi connectivity index (χ2v) is 8.45. The van der Waals surface area contributed by atoms with Crippen LogP contribution in [0.3, 0.4) is 0 Å². The number of hydrogen-bond acceptors (Lipinski definition) is 1. The fourth-order valence-electron chi connectivity index (χ4n) is 5.15. The molecule has 0 radical (unpaired) electrons. The van der Waals surface area contributed by atoms with Crippen LogP contribution in [0.15, 0.2) is 72.1 Å². The van der Waals surface area contributed by atoms with E-state index in [-0.39, 0.29) is 5.41 Å². The van der Waals surface area contributed by atoms with Crippen LogP contribution >= 0.6 is 11.3 Å². The number of hydrogen-bond donors (Lipinski definition) is 0. The van der Waals surface area contributed by atoms with Crippen molar-refractivity contribution in [1.82, 2.24) is 4.57 Å². The first kappa shape index (κ1) is 14.6. The third kappa shape index (κ3) is 1.66. The number of allylic oxidation sites excluding steroid dienone is 2. The summed E-state index contributed by atoms with van der Waals surface area (Å²) < 4.78 is 2.40. The molecule has 4 aromatic rings. The van der Waals surface area contributed by atoms with E-state index in [0.29, 0.717) is 0 Å². The predicted molar refractivity (Wildman–Crippen MR) is 111 cm³/mol. The molecule has 26 heavy (non-hydrogen) atoms. The number of rotatable bonds is 1. The summed E-state index contributed by atoms with van der Waals surface area (Å²) in [4.78, 5) is 1.36. The van der Waals surface area contributed by atoms with Gasteiger partial charge in [0, 0.05) is 33.8 Å². The standard InChI is InChI=1S/C24H19NS/c1-25-20-8-3-2-7-18(20)22-23(25)17-11-10-16(21-9-6-14-26-21)15-19(17)24(22)12-4-5-13-24/h2-11,14-15H,12-13H2,1H3. The number of benzene rings is 2. The Labute approximate surface area is 157 Å². The first-order chi connectivity index (χ1) is 12.8. The smallest absolute Gasteiger partial charge is 0.0533 e. The van der Waals surface area contributed by atoms with Gasteiger partial charge in [-0.3, -0.25) is 0 Å². The van der Waals surface area contributed by atoms with E-state index in [0.717, 1.165) is 12.8 Å². The van der Waals surface area contributed by atoms with E-state index in [4.69, 9.17) is 0 Å². The molecule has 0 amide bonds. The van der Waals surface area contributed by atoms with Crippen LogP contribution in [0.25, 0.3) is 32.6 Å². The van der Waals surface area contributed by atoms with Crippen molar-refractivity contribution < 1.29 is 0 Å². The Hall–Kier alpha value is -2.58. The fourth-order valence-corrected chi connectivity index (χ4v) is 5.87. The minimum Gasteiger partial charge on any atom is -0.343 e. The Morgan fingerprint density at radius 3 is 2.62 bits per heavy atom. The Bertz CT molecular complexity index is 1180. The maximum absolute atomic E-state index is 2.46. The van der Waals surface area contributed by atoms with Crippen LogP contribution in [-0.2, 0) is 12.5 Å². The molecule has 0 bridgehead atoms. The summed E-state index contributed by atoms with van der Waals surface area (Å²) in [5, 5.41) is 3.58. The predicted octanol–water partition coefficient (Wildman–Crippen LogP) is 6.52. The molecule has 2 heterocycles. The van der Waals surface area contributed by atoms with Crippen LogP contribution in [-0.4, -0.2) is 4.57 Å². The second kappa shape index (κ2) is 4.99. The zero-order valence-corrected chi connectivity index (χ0v) is 15.5. The number of aromatic nitrogens is 1. The molecule has 1 spiro atoms. The molecule has 6 rings (SSSR count). The normalized spacial score (nSPS) is 16.5. The minimum atomic E-state index is 0.110. The summed E-state index contributed by atoms with van der Waals surface area (Å²) in [6, 6.07) is 20.4. The van der Waals surface area contributed by atoms with Gasteiger partial charge in [-0.15, -0.1) is 11.3 Å². The van der Waals surface area contributed by atoms with Crippen LogP contribution in [0, 0.1) is 0 Å². The molecule has 0 saturated carbocycles. The maximum Gasteiger partial charge on any atom is 0.0533 e. The Kier molecular flexibility index (Phi) is 2.80. The van der Waals surface area contributed by atoms with Crippen molar-refractivity contribution in [1.29, 1.82) is 0 Å². The highest BCUT2D eigenvalue weighted by Gasteiger charge is 2.46. The molecule has 0 unspecified atom stereocenters. The van der Waals surface area contributed by atoms with E-state index in [1.807, 2.05) is 11.3 Å². The second-order valence-electron chi connectivity index (χ2n) is 7.50. The van der Waals surface area contributed by atoms with E-state index in [1.54, 1.807) is 5.56 Å². The topological polar surface area (TPSA) is 4.93 Å². The third-order valence-corrected chi connectivity index (χ3v) is 7.20. The molecule has 0 atom stereocenters. The first-order valence-electron chi connectivity index (χ1n) is 9.21. The summed E-state index contributed by atoms with van der Waals surface area (Å²) in [5.41, 5.74) is 8.70. The summed E-state index contributed by atoms with van der Waals surface area (Å²) in [6.07, 6.45) is 6.96. The lowest BCUT2D eigenvalue weighted by Gasteiger charge is -2.27. The van der Waals surface area contributed by atoms with Gasteiger partial charge in [0.05, 0.1) is 5.69 Å². The molecule has 1 nitrogen and oxygen atoms in total. The zero-order chi connectivity index (χ0) is 17.3. The molecule has 2 aliphatic rings. The van der Waals surface area contributed by atoms with E-state index in [9.17, 15) is 0 Å². The van der Waals surface area contributed by atoms with Crippen molar-refractivity contribution in [2.75, 3.05) is 0 Å². The molecule has 2 aliphatic carbocycles. The molecule has 0 saturated heterocycles. The SMILES string of the molecule is Cn1c2c(c3ccccc31)C1(CC=CC1)c1cc(-c3cccs3)ccc1-2. The van der Waals surface area contributed by atoms with E-state index in [1.165, 1.54) is 38.2 Å². The summed E-state index contributed by atoms with van der Waals surface area (Å²) in [5.74, 6) is 0. The monoisotopic (exact) mass is 353 g/mol. The largest absolute Gasteiger partial charge is 0.343 e. The number of para-hydroxylation sites is 1. The van der Waals surface area contributed by atoms with Gasteiger partial charge in [-0.1, -0.05) is 48.6 Å². The Balaban J connectivity index is 1.71.